The number of aliphatic hydroxyl groups excluding tert-OH is 1. The van der Waals surface area contributed by atoms with Crippen LogP contribution in [0.4, 0.5) is 0 Å². The van der Waals surface area contributed by atoms with Crippen LogP contribution in [-0.2, 0) is 4.79 Å². The molecular weight excluding hydrogens is 248 g/mol. The predicted octanol–water partition coefficient (Wildman–Crippen LogP) is 0.999. The van der Waals surface area contributed by atoms with Crippen molar-refractivity contribution in [3.05, 3.63) is 35.9 Å². The highest BCUT2D eigenvalue weighted by atomic mass is 32.2. The minimum Gasteiger partial charge on any atom is -0.395 e. The summed E-state index contributed by atoms with van der Waals surface area (Å²) in [5, 5.41) is 9.75. The number of likely N-dealkylation sites (N-methyl/N-ethyl adjacent to an activating group) is 1. The lowest BCUT2D eigenvalue weighted by atomic mass is 10.2. The van der Waals surface area contributed by atoms with E-state index in [1.165, 1.54) is 4.90 Å². The van der Waals surface area contributed by atoms with E-state index in [4.69, 9.17) is 5.11 Å². The largest absolute Gasteiger partial charge is 0.395 e. The van der Waals surface area contributed by atoms with Crippen LogP contribution in [0.25, 0.3) is 0 Å². The maximum Gasteiger partial charge on any atom is 0.248 e. The Morgan fingerprint density at radius 3 is 2.89 bits per heavy atom. The van der Waals surface area contributed by atoms with Crippen molar-refractivity contribution in [1.29, 1.82) is 0 Å². The molecule has 0 radical (unpaired) electrons. The molecule has 1 amide bonds. The third-order valence-electron chi connectivity index (χ3n) is 2.77. The Morgan fingerprint density at radius 2 is 2.22 bits per heavy atom. The summed E-state index contributed by atoms with van der Waals surface area (Å²) < 4.78 is 0. The lowest BCUT2D eigenvalue weighted by Gasteiger charge is -2.17. The monoisotopic (exact) mass is 264 g/mol. The third kappa shape index (κ3) is 2.91. The minimum absolute atomic E-state index is 0.0165. The molecule has 96 valence electrons. The van der Waals surface area contributed by atoms with Crippen molar-refractivity contribution < 1.29 is 9.90 Å². The lowest BCUT2D eigenvalue weighted by molar-refractivity contribution is -0.131. The maximum atomic E-state index is 12.0. The highest BCUT2D eigenvalue weighted by Crippen LogP contribution is 2.24. The van der Waals surface area contributed by atoms with Crippen LogP contribution in [-0.4, -0.2) is 53.0 Å². The van der Waals surface area contributed by atoms with Gasteiger partial charge in [-0.25, -0.2) is 0 Å². The molecule has 1 unspecified atom stereocenters. The molecule has 0 spiro atoms. The predicted molar refractivity (Wildman–Crippen MR) is 73.9 cm³/mol. The van der Waals surface area contributed by atoms with E-state index in [0.717, 1.165) is 10.6 Å². The molecule has 5 heteroatoms. The average molecular weight is 264 g/mol. The van der Waals surface area contributed by atoms with Crippen molar-refractivity contribution in [1.82, 2.24) is 4.90 Å². The van der Waals surface area contributed by atoms with Crippen LogP contribution in [0.15, 0.2) is 35.3 Å². The van der Waals surface area contributed by atoms with Crippen molar-refractivity contribution in [2.24, 2.45) is 4.99 Å². The fourth-order valence-electron chi connectivity index (χ4n) is 1.75. The van der Waals surface area contributed by atoms with Gasteiger partial charge < -0.3 is 10.0 Å². The van der Waals surface area contributed by atoms with E-state index in [2.05, 4.69) is 4.99 Å². The number of benzene rings is 1. The second kappa shape index (κ2) is 6.02. The topological polar surface area (TPSA) is 52.9 Å². The molecule has 1 N–H and O–H groups in total. The first-order valence-corrected chi connectivity index (χ1v) is 6.83. The molecule has 1 heterocycles. The zero-order valence-electron chi connectivity index (χ0n) is 10.2. The van der Waals surface area contributed by atoms with Crippen LogP contribution in [0.2, 0.25) is 0 Å². The molecule has 0 fully saturated rings. The molecule has 0 bridgehead atoms. The normalized spacial score (nSPS) is 18.6. The summed E-state index contributed by atoms with van der Waals surface area (Å²) >= 11 is 1.61. The van der Waals surface area contributed by atoms with E-state index in [-0.39, 0.29) is 18.6 Å². The van der Waals surface area contributed by atoms with Gasteiger partial charge in [0.15, 0.2) is 0 Å². The molecule has 18 heavy (non-hydrogen) atoms. The van der Waals surface area contributed by atoms with Gasteiger partial charge in [0.25, 0.3) is 0 Å². The van der Waals surface area contributed by atoms with E-state index >= 15 is 0 Å². The summed E-state index contributed by atoms with van der Waals surface area (Å²) in [6, 6.07) is 9.56. The SMILES string of the molecule is CN(CCO)C(=O)C1CSC(c2ccccc2)=N1. The summed E-state index contributed by atoms with van der Waals surface area (Å²) in [5.74, 6) is 0.654. The van der Waals surface area contributed by atoms with Crippen molar-refractivity contribution in [3.8, 4) is 0 Å². The van der Waals surface area contributed by atoms with Gasteiger partial charge in [0, 0.05) is 24.9 Å². The van der Waals surface area contributed by atoms with Gasteiger partial charge in [-0.15, -0.1) is 11.8 Å². The number of rotatable bonds is 4. The molecule has 1 aromatic carbocycles. The summed E-state index contributed by atoms with van der Waals surface area (Å²) in [7, 11) is 1.69. The van der Waals surface area contributed by atoms with Crippen molar-refractivity contribution in [2.75, 3.05) is 26.0 Å². The van der Waals surface area contributed by atoms with E-state index in [1.54, 1.807) is 18.8 Å². The lowest BCUT2D eigenvalue weighted by Crippen LogP contribution is -2.37. The van der Waals surface area contributed by atoms with E-state index in [0.29, 0.717) is 12.3 Å². The second-order valence-electron chi connectivity index (χ2n) is 4.11. The molecule has 4 nitrogen and oxygen atoms in total. The van der Waals surface area contributed by atoms with Crippen molar-refractivity contribution >= 4 is 22.7 Å². The Balaban J connectivity index is 2.06. The van der Waals surface area contributed by atoms with Gasteiger partial charge in [-0.05, 0) is 0 Å². The van der Waals surface area contributed by atoms with Crippen LogP contribution in [0.5, 0.6) is 0 Å². The van der Waals surface area contributed by atoms with Crippen LogP contribution < -0.4 is 0 Å². The van der Waals surface area contributed by atoms with Gasteiger partial charge in [0.05, 0.1) is 11.7 Å². The molecule has 0 aromatic heterocycles. The highest BCUT2D eigenvalue weighted by Gasteiger charge is 2.27. The van der Waals surface area contributed by atoms with E-state index < -0.39 is 0 Å². The van der Waals surface area contributed by atoms with Gasteiger partial charge >= 0.3 is 0 Å². The summed E-state index contributed by atoms with van der Waals surface area (Å²) in [4.78, 5) is 18.0. The number of carbonyl (C=O) groups is 1. The maximum absolute atomic E-state index is 12.0. The quantitative estimate of drug-likeness (QED) is 0.882. The van der Waals surface area contributed by atoms with Gasteiger partial charge in [-0.1, -0.05) is 30.3 Å². The number of hydrogen-bond donors (Lipinski definition) is 1. The highest BCUT2D eigenvalue weighted by molar-refractivity contribution is 8.14. The van der Waals surface area contributed by atoms with Crippen molar-refractivity contribution in [2.45, 2.75) is 6.04 Å². The number of amides is 1. The fourth-order valence-corrected chi connectivity index (χ4v) is 2.79. The Bertz CT molecular complexity index is 448. The van der Waals surface area contributed by atoms with E-state index in [9.17, 15) is 4.79 Å². The number of hydrogen-bond acceptors (Lipinski definition) is 4. The standard InChI is InChI=1S/C13H16N2O2S/c1-15(7-8-16)13(17)11-9-18-12(14-11)10-5-3-2-4-6-10/h2-6,11,16H,7-9H2,1H3. The van der Waals surface area contributed by atoms with Gasteiger partial charge in [0.2, 0.25) is 5.91 Å². The first-order chi connectivity index (χ1) is 8.72. The number of thioether (sulfide) groups is 1. The second-order valence-corrected chi connectivity index (χ2v) is 5.12. The van der Waals surface area contributed by atoms with Crippen LogP contribution >= 0.6 is 11.8 Å². The molecule has 1 aliphatic rings. The zero-order valence-corrected chi connectivity index (χ0v) is 11.1. The minimum atomic E-state index is -0.318. The first kappa shape index (κ1) is 13.1. The van der Waals surface area contributed by atoms with Gasteiger partial charge in [-0.2, -0.15) is 0 Å². The number of aliphatic imine (C=N–C) groups is 1. The number of nitrogens with zero attached hydrogens (tertiary/aromatic N) is 2. The molecule has 0 aliphatic carbocycles. The van der Waals surface area contributed by atoms with Crippen LogP contribution in [0.3, 0.4) is 0 Å². The molecule has 1 aliphatic heterocycles. The molecule has 0 saturated heterocycles. The van der Waals surface area contributed by atoms with Crippen LogP contribution in [0.1, 0.15) is 5.56 Å². The van der Waals surface area contributed by atoms with E-state index in [1.807, 2.05) is 30.3 Å². The Kier molecular flexibility index (Phi) is 4.38. The first-order valence-electron chi connectivity index (χ1n) is 5.84. The average Bonchev–Trinajstić information content (AvgIpc) is 2.89. The smallest absolute Gasteiger partial charge is 0.248 e. The third-order valence-corrected chi connectivity index (χ3v) is 3.87. The molecule has 1 atom stereocenters. The molecule has 1 aromatic rings. The fraction of sp³-hybridized carbons (Fsp3) is 0.385. The summed E-state index contributed by atoms with van der Waals surface area (Å²) in [6.45, 7) is 0.341. The Morgan fingerprint density at radius 1 is 1.50 bits per heavy atom. The number of carbonyl (C=O) groups excluding carboxylic acids is 1. The molecule has 0 saturated carbocycles. The molecule has 2 rings (SSSR count). The summed E-state index contributed by atoms with van der Waals surface area (Å²) in [5.41, 5.74) is 1.06. The zero-order chi connectivity index (χ0) is 13.0. The van der Waals surface area contributed by atoms with Crippen molar-refractivity contribution in [3.63, 3.8) is 0 Å². The van der Waals surface area contributed by atoms with Crippen LogP contribution in [0, 0.1) is 0 Å². The summed E-state index contributed by atoms with van der Waals surface area (Å²) in [6.07, 6.45) is 0. The Labute approximate surface area is 111 Å². The van der Waals surface area contributed by atoms with Gasteiger partial charge in [-0.3, -0.25) is 9.79 Å². The Hall–Kier alpha value is -1.33. The molecular formula is C13H16N2O2S. The number of aliphatic hydroxyl groups is 1. The van der Waals surface area contributed by atoms with Gasteiger partial charge in [0.1, 0.15) is 6.04 Å².